The average molecular weight is 395 g/mol. The second-order valence-corrected chi connectivity index (χ2v) is 10.0. The molecule has 29 heavy (non-hydrogen) atoms. The molecule has 1 aromatic rings. The number of likely N-dealkylation sites (tertiary alicyclic amines) is 1. The van der Waals surface area contributed by atoms with E-state index in [-0.39, 0.29) is 11.3 Å². The van der Waals surface area contributed by atoms with E-state index in [9.17, 15) is 9.59 Å². The number of fused-ring (bicyclic) bond motifs is 1. The minimum atomic E-state index is -0.315. The van der Waals surface area contributed by atoms with Crippen molar-refractivity contribution in [1.29, 1.82) is 0 Å². The fraction of sp³-hybridized carbons (Fsp3) is 0.680. The van der Waals surface area contributed by atoms with E-state index in [0.717, 1.165) is 58.3 Å². The van der Waals surface area contributed by atoms with E-state index in [4.69, 9.17) is 0 Å². The highest BCUT2D eigenvalue weighted by Crippen LogP contribution is 2.42. The summed E-state index contributed by atoms with van der Waals surface area (Å²) in [5.74, 6) is 1.64. The van der Waals surface area contributed by atoms with Crippen LogP contribution < -0.4 is 0 Å². The van der Waals surface area contributed by atoms with Crippen LogP contribution in [0.3, 0.4) is 0 Å². The van der Waals surface area contributed by atoms with Crippen molar-refractivity contribution < 1.29 is 9.59 Å². The zero-order valence-corrected chi connectivity index (χ0v) is 17.6. The fourth-order valence-corrected chi connectivity index (χ4v) is 5.85. The maximum Gasteiger partial charge on any atom is 0.229 e. The van der Waals surface area contributed by atoms with Gasteiger partial charge in [-0.1, -0.05) is 43.5 Å². The van der Waals surface area contributed by atoms with Crippen molar-refractivity contribution in [3.8, 4) is 0 Å². The Hall–Kier alpha value is -1.84. The van der Waals surface area contributed by atoms with E-state index in [0.29, 0.717) is 17.7 Å². The first kappa shape index (κ1) is 19.1. The van der Waals surface area contributed by atoms with Crippen LogP contribution in [-0.2, 0) is 22.6 Å². The Morgan fingerprint density at radius 1 is 0.966 bits per heavy atom. The van der Waals surface area contributed by atoms with Crippen LogP contribution in [0.4, 0.5) is 0 Å². The Balaban J connectivity index is 1.34. The van der Waals surface area contributed by atoms with Gasteiger partial charge < -0.3 is 9.80 Å². The largest absolute Gasteiger partial charge is 0.342 e. The van der Waals surface area contributed by atoms with Gasteiger partial charge in [0.15, 0.2) is 0 Å². The molecule has 0 unspecified atom stereocenters. The predicted octanol–water partition coefficient (Wildman–Crippen LogP) is 4.17. The van der Waals surface area contributed by atoms with E-state index in [2.05, 4.69) is 34.1 Å². The number of hydrogen-bond donors (Lipinski definition) is 0. The fourth-order valence-electron chi connectivity index (χ4n) is 5.85. The van der Waals surface area contributed by atoms with E-state index in [1.165, 1.54) is 43.2 Å². The van der Waals surface area contributed by atoms with Crippen molar-refractivity contribution in [2.75, 3.05) is 19.6 Å². The molecule has 0 bridgehead atoms. The summed E-state index contributed by atoms with van der Waals surface area (Å²) in [6, 6.07) is 8.62. The van der Waals surface area contributed by atoms with Crippen molar-refractivity contribution in [3.63, 3.8) is 0 Å². The third-order valence-corrected chi connectivity index (χ3v) is 7.91. The molecule has 0 N–H and O–H groups in total. The normalized spacial score (nSPS) is 25.0. The minimum Gasteiger partial charge on any atom is -0.342 e. The lowest BCUT2D eigenvalue weighted by Gasteiger charge is -2.43. The van der Waals surface area contributed by atoms with Crippen molar-refractivity contribution in [1.82, 2.24) is 9.80 Å². The van der Waals surface area contributed by atoms with Crippen LogP contribution in [0.5, 0.6) is 0 Å². The number of benzene rings is 1. The molecular formula is C25H34N2O2. The average Bonchev–Trinajstić information content (AvgIpc) is 3.59. The van der Waals surface area contributed by atoms with Gasteiger partial charge in [-0.2, -0.15) is 0 Å². The molecule has 1 saturated heterocycles. The number of rotatable bonds is 3. The van der Waals surface area contributed by atoms with E-state index >= 15 is 0 Å². The number of piperidine rings is 1. The highest BCUT2D eigenvalue weighted by Gasteiger charge is 2.47. The lowest BCUT2D eigenvalue weighted by atomic mass is 9.72. The third-order valence-electron chi connectivity index (χ3n) is 7.91. The Labute approximate surface area is 174 Å². The van der Waals surface area contributed by atoms with E-state index in [1.807, 2.05) is 0 Å². The lowest BCUT2D eigenvalue weighted by Crippen LogP contribution is -2.52. The van der Waals surface area contributed by atoms with Gasteiger partial charge in [-0.3, -0.25) is 9.59 Å². The van der Waals surface area contributed by atoms with Crippen LogP contribution in [0.15, 0.2) is 24.3 Å². The van der Waals surface area contributed by atoms with Crippen LogP contribution in [0, 0.1) is 17.3 Å². The highest BCUT2D eigenvalue weighted by atomic mass is 16.2. The standard InChI is InChI=1S/C25H34N2O2/c28-23(20-6-2-1-3-7-20)26-14-12-25(13-15-26)16-21-8-4-5-9-22(21)18-27(24(25)29)17-19-10-11-19/h4-5,8-9,19-20H,1-3,6-7,10-18H2. The molecule has 1 aromatic carbocycles. The summed E-state index contributed by atoms with van der Waals surface area (Å²) in [5.41, 5.74) is 2.34. The monoisotopic (exact) mass is 394 g/mol. The number of carbonyl (C=O) groups excluding carboxylic acids is 2. The Bertz CT molecular complexity index is 771. The van der Waals surface area contributed by atoms with Crippen molar-refractivity contribution in [2.24, 2.45) is 17.3 Å². The molecule has 0 radical (unpaired) electrons. The summed E-state index contributed by atoms with van der Waals surface area (Å²) in [4.78, 5) is 31.0. The Morgan fingerprint density at radius 2 is 1.66 bits per heavy atom. The molecule has 2 aliphatic heterocycles. The topological polar surface area (TPSA) is 40.6 Å². The molecular weight excluding hydrogens is 360 g/mol. The summed E-state index contributed by atoms with van der Waals surface area (Å²) in [5, 5.41) is 0. The van der Waals surface area contributed by atoms with Crippen molar-refractivity contribution >= 4 is 11.8 Å². The zero-order valence-electron chi connectivity index (χ0n) is 17.6. The second-order valence-electron chi connectivity index (χ2n) is 10.0. The number of amides is 2. The summed E-state index contributed by atoms with van der Waals surface area (Å²) in [6.07, 6.45) is 10.8. The van der Waals surface area contributed by atoms with Crippen molar-refractivity contribution in [2.45, 2.75) is 70.8 Å². The molecule has 4 nitrogen and oxygen atoms in total. The molecule has 3 fully saturated rings. The van der Waals surface area contributed by atoms with Crippen LogP contribution in [0.2, 0.25) is 0 Å². The Morgan fingerprint density at radius 3 is 2.34 bits per heavy atom. The smallest absolute Gasteiger partial charge is 0.229 e. The van der Waals surface area contributed by atoms with Gasteiger partial charge in [0.2, 0.25) is 11.8 Å². The molecule has 2 heterocycles. The number of nitrogens with zero attached hydrogens (tertiary/aromatic N) is 2. The quantitative estimate of drug-likeness (QED) is 0.772. The van der Waals surface area contributed by atoms with Crippen molar-refractivity contribution in [3.05, 3.63) is 35.4 Å². The van der Waals surface area contributed by atoms with Crippen LogP contribution in [0.25, 0.3) is 0 Å². The van der Waals surface area contributed by atoms with Gasteiger partial charge in [0.1, 0.15) is 0 Å². The third kappa shape index (κ3) is 3.83. The summed E-state index contributed by atoms with van der Waals surface area (Å²) >= 11 is 0. The van der Waals surface area contributed by atoms with Gasteiger partial charge in [0.05, 0.1) is 5.41 Å². The zero-order chi connectivity index (χ0) is 19.8. The molecule has 4 heteroatoms. The first-order valence-corrected chi connectivity index (χ1v) is 11.8. The SMILES string of the molecule is O=C(C1CCCCC1)N1CCC2(CC1)Cc1ccccc1CN(CC1CC1)C2=O. The molecule has 5 rings (SSSR count). The summed E-state index contributed by atoms with van der Waals surface area (Å²) < 4.78 is 0. The van der Waals surface area contributed by atoms with Gasteiger partial charge in [-0.05, 0) is 62.0 Å². The van der Waals surface area contributed by atoms with Crippen LogP contribution in [-0.4, -0.2) is 41.2 Å². The van der Waals surface area contributed by atoms with Gasteiger partial charge in [0, 0.05) is 32.1 Å². The predicted molar refractivity (Wildman–Crippen MR) is 113 cm³/mol. The van der Waals surface area contributed by atoms with Crippen LogP contribution in [0.1, 0.15) is 68.9 Å². The number of hydrogen-bond acceptors (Lipinski definition) is 2. The van der Waals surface area contributed by atoms with Gasteiger partial charge in [0.25, 0.3) is 0 Å². The van der Waals surface area contributed by atoms with E-state index < -0.39 is 0 Å². The molecule has 0 aromatic heterocycles. The first-order chi connectivity index (χ1) is 14.1. The first-order valence-electron chi connectivity index (χ1n) is 11.8. The summed E-state index contributed by atoms with van der Waals surface area (Å²) in [6.45, 7) is 3.18. The maximum absolute atomic E-state index is 13.8. The van der Waals surface area contributed by atoms with Gasteiger partial charge in [-0.25, -0.2) is 0 Å². The molecule has 4 aliphatic rings. The van der Waals surface area contributed by atoms with Gasteiger partial charge in [-0.15, -0.1) is 0 Å². The molecule has 0 atom stereocenters. The molecule has 2 saturated carbocycles. The molecule has 1 spiro atoms. The highest BCUT2D eigenvalue weighted by molar-refractivity contribution is 5.85. The minimum absolute atomic E-state index is 0.231. The molecule has 2 aliphatic carbocycles. The molecule has 2 amide bonds. The lowest BCUT2D eigenvalue weighted by molar-refractivity contribution is -0.150. The van der Waals surface area contributed by atoms with Gasteiger partial charge >= 0.3 is 0 Å². The Kier molecular flexibility index (Phi) is 5.13. The maximum atomic E-state index is 13.8. The van der Waals surface area contributed by atoms with Crippen LogP contribution >= 0.6 is 0 Å². The number of carbonyl (C=O) groups is 2. The second kappa shape index (κ2) is 7.77. The van der Waals surface area contributed by atoms with E-state index in [1.54, 1.807) is 0 Å². The summed E-state index contributed by atoms with van der Waals surface area (Å²) in [7, 11) is 0. The molecule has 156 valence electrons.